The molecule has 0 N–H and O–H groups in total. The third-order valence-electron chi connectivity index (χ3n) is 5.32. The predicted molar refractivity (Wildman–Crippen MR) is 89.5 cm³/mol. The van der Waals surface area contributed by atoms with Crippen molar-refractivity contribution >= 4 is 49.4 Å². The number of nitrogens with zero attached hydrogens (tertiary/aromatic N) is 1. The second kappa shape index (κ2) is 5.06. The topological polar surface area (TPSA) is 46.6 Å². The Labute approximate surface area is 145 Å². The van der Waals surface area contributed by atoms with Crippen molar-refractivity contribution in [2.24, 2.45) is 23.7 Å². The lowest BCUT2D eigenvalue weighted by Crippen LogP contribution is -2.37. The van der Waals surface area contributed by atoms with Crippen molar-refractivity contribution in [2.45, 2.75) is 16.1 Å². The molecule has 2 aliphatic carbocycles. The maximum absolute atomic E-state index is 12.8. The van der Waals surface area contributed by atoms with E-state index in [0.717, 1.165) is 6.42 Å². The largest absolute Gasteiger partial charge is 0.497 e. The normalized spacial score (nSPS) is 39.5. The van der Waals surface area contributed by atoms with Crippen LogP contribution in [-0.2, 0) is 9.59 Å². The Kier molecular flexibility index (Phi) is 3.38. The summed E-state index contributed by atoms with van der Waals surface area (Å²) in [5, 5.41) is 0. The van der Waals surface area contributed by atoms with E-state index in [4.69, 9.17) is 4.74 Å². The quantitative estimate of drug-likeness (QED) is 0.537. The molecule has 1 aliphatic heterocycles. The summed E-state index contributed by atoms with van der Waals surface area (Å²) in [6, 6.07) is 7.10. The van der Waals surface area contributed by atoms with Crippen molar-refractivity contribution in [1.29, 1.82) is 0 Å². The average Bonchev–Trinajstić information content (AvgIpc) is 3.13. The zero-order valence-electron chi connectivity index (χ0n) is 11.9. The molecule has 0 radical (unpaired) electrons. The highest BCUT2D eigenvalue weighted by molar-refractivity contribution is 9.12. The number of fused-ring (bicyclic) bond motifs is 5. The van der Waals surface area contributed by atoms with E-state index < -0.39 is 0 Å². The Morgan fingerprint density at radius 3 is 1.95 bits per heavy atom. The lowest BCUT2D eigenvalue weighted by atomic mass is 9.81. The first kappa shape index (κ1) is 14.7. The summed E-state index contributed by atoms with van der Waals surface area (Å²) in [5.41, 5.74) is 0.641. The van der Waals surface area contributed by atoms with Gasteiger partial charge in [0.05, 0.1) is 24.6 Å². The van der Waals surface area contributed by atoms with Crippen molar-refractivity contribution in [3.63, 3.8) is 0 Å². The van der Waals surface area contributed by atoms with Crippen LogP contribution < -0.4 is 9.64 Å². The Balaban J connectivity index is 1.69. The third-order valence-corrected chi connectivity index (χ3v) is 8.52. The smallest absolute Gasteiger partial charge is 0.238 e. The van der Waals surface area contributed by atoms with E-state index >= 15 is 0 Å². The standard InChI is InChI=1S/C16H15Br2NO3/c1-22-8-4-2-7(3-5-8)19-15(20)11-9-6-10(12(11)16(19)21)14(18)13(9)17/h2-5,9-14H,6H2,1H3/t9-,10-,11-,12-,13-,14+/m0/s1. The molecule has 22 heavy (non-hydrogen) atoms. The Morgan fingerprint density at radius 1 is 1.00 bits per heavy atom. The van der Waals surface area contributed by atoms with Crippen LogP contribution in [0.2, 0.25) is 0 Å². The first-order valence-electron chi connectivity index (χ1n) is 7.34. The van der Waals surface area contributed by atoms with Crippen molar-refractivity contribution in [1.82, 2.24) is 0 Å². The first-order chi connectivity index (χ1) is 10.5. The Hall–Kier alpha value is -0.880. The van der Waals surface area contributed by atoms with Gasteiger partial charge in [0.15, 0.2) is 0 Å². The number of anilines is 1. The molecule has 2 amide bonds. The number of alkyl halides is 2. The van der Waals surface area contributed by atoms with Crippen molar-refractivity contribution in [3.8, 4) is 5.75 Å². The van der Waals surface area contributed by atoms with E-state index in [1.54, 1.807) is 31.4 Å². The number of halogens is 2. The molecule has 116 valence electrons. The molecule has 6 heteroatoms. The maximum atomic E-state index is 12.8. The monoisotopic (exact) mass is 427 g/mol. The fourth-order valence-electron chi connectivity index (χ4n) is 4.33. The van der Waals surface area contributed by atoms with Gasteiger partial charge in [-0.1, -0.05) is 31.9 Å². The van der Waals surface area contributed by atoms with Gasteiger partial charge in [0.25, 0.3) is 0 Å². The van der Waals surface area contributed by atoms with Gasteiger partial charge in [-0.05, 0) is 42.5 Å². The van der Waals surface area contributed by atoms with Crippen LogP contribution in [0.1, 0.15) is 6.42 Å². The molecule has 4 rings (SSSR count). The molecule has 2 saturated carbocycles. The van der Waals surface area contributed by atoms with Crippen molar-refractivity contribution in [3.05, 3.63) is 24.3 Å². The van der Waals surface area contributed by atoms with E-state index in [9.17, 15) is 9.59 Å². The highest BCUT2D eigenvalue weighted by Gasteiger charge is 2.66. The lowest BCUT2D eigenvalue weighted by molar-refractivity contribution is -0.123. The number of hydrogen-bond donors (Lipinski definition) is 0. The van der Waals surface area contributed by atoms with Crippen LogP contribution in [0, 0.1) is 23.7 Å². The van der Waals surface area contributed by atoms with Gasteiger partial charge in [-0.15, -0.1) is 0 Å². The minimum Gasteiger partial charge on any atom is -0.497 e. The Bertz CT molecular complexity index is 615. The van der Waals surface area contributed by atoms with Gasteiger partial charge in [-0.25, -0.2) is 0 Å². The lowest BCUT2D eigenvalue weighted by Gasteiger charge is -2.28. The predicted octanol–water partition coefficient (Wildman–Crippen LogP) is 2.98. The number of ether oxygens (including phenoxy) is 1. The molecule has 1 saturated heterocycles. The van der Waals surface area contributed by atoms with Gasteiger partial charge in [0.2, 0.25) is 11.8 Å². The zero-order chi connectivity index (χ0) is 15.6. The summed E-state index contributed by atoms with van der Waals surface area (Å²) in [7, 11) is 1.59. The number of amides is 2. The number of hydrogen-bond acceptors (Lipinski definition) is 3. The van der Waals surface area contributed by atoms with E-state index in [0.29, 0.717) is 11.4 Å². The van der Waals surface area contributed by atoms with E-state index in [2.05, 4.69) is 31.9 Å². The summed E-state index contributed by atoms with van der Waals surface area (Å²) in [5.74, 6) is 0.783. The highest BCUT2D eigenvalue weighted by atomic mass is 79.9. The molecule has 4 nitrogen and oxygen atoms in total. The second-order valence-electron chi connectivity index (χ2n) is 6.21. The summed E-state index contributed by atoms with van der Waals surface area (Å²) in [6.45, 7) is 0. The number of benzene rings is 1. The SMILES string of the molecule is COc1ccc(N2C(=O)[C@H]3[C@@H]4C[C@H]([C@@H](Br)[C@H]4Br)[C@@H]3C2=O)cc1. The van der Waals surface area contributed by atoms with Crippen LogP contribution in [0.5, 0.6) is 5.75 Å². The molecule has 0 unspecified atom stereocenters. The van der Waals surface area contributed by atoms with Crippen LogP contribution in [-0.4, -0.2) is 28.6 Å². The molecule has 0 spiro atoms. The summed E-state index contributed by atoms with van der Waals surface area (Å²) in [4.78, 5) is 27.6. The summed E-state index contributed by atoms with van der Waals surface area (Å²) >= 11 is 7.39. The van der Waals surface area contributed by atoms with Gasteiger partial charge in [-0.3, -0.25) is 14.5 Å². The third kappa shape index (κ3) is 1.80. The van der Waals surface area contributed by atoms with Crippen molar-refractivity contribution in [2.75, 3.05) is 12.0 Å². The minimum absolute atomic E-state index is 0.0449. The highest BCUT2D eigenvalue weighted by Crippen LogP contribution is 2.60. The van der Waals surface area contributed by atoms with Gasteiger partial charge in [-0.2, -0.15) is 0 Å². The molecule has 1 aromatic carbocycles. The van der Waals surface area contributed by atoms with Crippen LogP contribution in [0.3, 0.4) is 0 Å². The molecule has 1 heterocycles. The van der Waals surface area contributed by atoms with Crippen LogP contribution in [0.25, 0.3) is 0 Å². The van der Waals surface area contributed by atoms with Crippen molar-refractivity contribution < 1.29 is 14.3 Å². The van der Waals surface area contributed by atoms with E-state index in [1.165, 1.54) is 4.90 Å². The van der Waals surface area contributed by atoms with E-state index in [1.807, 2.05) is 0 Å². The summed E-state index contributed by atoms with van der Waals surface area (Å²) < 4.78 is 5.13. The number of rotatable bonds is 2. The van der Waals surface area contributed by atoms with Gasteiger partial charge < -0.3 is 4.74 Å². The zero-order valence-corrected chi connectivity index (χ0v) is 15.1. The molecule has 6 atom stereocenters. The van der Waals surface area contributed by atoms with Gasteiger partial charge in [0.1, 0.15) is 5.75 Å². The number of carbonyl (C=O) groups excluding carboxylic acids is 2. The second-order valence-corrected chi connectivity index (χ2v) is 8.33. The molecular weight excluding hydrogens is 414 g/mol. The maximum Gasteiger partial charge on any atom is 0.238 e. The molecule has 3 fully saturated rings. The van der Waals surface area contributed by atoms with Gasteiger partial charge in [0, 0.05) is 9.65 Å². The molecule has 0 aromatic heterocycles. The fraction of sp³-hybridized carbons (Fsp3) is 0.500. The fourth-order valence-corrected chi connectivity index (χ4v) is 6.21. The summed E-state index contributed by atoms with van der Waals surface area (Å²) in [6.07, 6.45) is 0.953. The number of methoxy groups -OCH3 is 1. The van der Waals surface area contributed by atoms with Crippen LogP contribution in [0.15, 0.2) is 24.3 Å². The first-order valence-corrected chi connectivity index (χ1v) is 9.17. The molecule has 2 bridgehead atoms. The van der Waals surface area contributed by atoms with Crippen LogP contribution in [0.4, 0.5) is 5.69 Å². The van der Waals surface area contributed by atoms with Crippen LogP contribution >= 0.6 is 31.9 Å². The van der Waals surface area contributed by atoms with E-state index in [-0.39, 0.29) is 45.1 Å². The Morgan fingerprint density at radius 2 is 1.50 bits per heavy atom. The molecule has 3 aliphatic rings. The number of carbonyl (C=O) groups is 2. The molecular formula is C16H15Br2NO3. The molecule has 1 aromatic rings. The average molecular weight is 429 g/mol. The number of imide groups is 1. The van der Waals surface area contributed by atoms with Gasteiger partial charge >= 0.3 is 0 Å². The minimum atomic E-state index is -0.169.